The molecule has 6 heteroatoms. The number of rotatable bonds is 4. The van der Waals surface area contributed by atoms with Crippen molar-refractivity contribution >= 4 is 27.3 Å². The van der Waals surface area contributed by atoms with Crippen LogP contribution >= 0.6 is 27.3 Å². The van der Waals surface area contributed by atoms with Gasteiger partial charge in [-0.1, -0.05) is 0 Å². The number of piperazine rings is 1. The molecule has 2 aromatic rings. The van der Waals surface area contributed by atoms with Crippen LogP contribution in [0.2, 0.25) is 0 Å². The van der Waals surface area contributed by atoms with Crippen LogP contribution in [0.5, 0.6) is 11.5 Å². The van der Waals surface area contributed by atoms with Crippen molar-refractivity contribution < 1.29 is 19.3 Å². The first-order valence-electron chi connectivity index (χ1n) is 8.06. The number of hydrogen-bond donors (Lipinski definition) is 2. The molecular formula is C17H21BrN2O2S+2. The molecule has 2 aliphatic heterocycles. The van der Waals surface area contributed by atoms with E-state index >= 15 is 0 Å². The number of benzene rings is 1. The topological polar surface area (TPSA) is 27.3 Å². The van der Waals surface area contributed by atoms with Gasteiger partial charge in [0.05, 0.1) is 8.66 Å². The maximum Gasteiger partial charge on any atom is 0.231 e. The maximum absolute atomic E-state index is 5.48. The van der Waals surface area contributed by atoms with Gasteiger partial charge in [0.2, 0.25) is 6.79 Å². The predicted octanol–water partition coefficient (Wildman–Crippen LogP) is 0.723. The van der Waals surface area contributed by atoms with Gasteiger partial charge in [-0.2, -0.15) is 0 Å². The normalized spacial score (nSPS) is 23.2. The van der Waals surface area contributed by atoms with Crippen molar-refractivity contribution in [1.82, 2.24) is 0 Å². The van der Waals surface area contributed by atoms with Gasteiger partial charge >= 0.3 is 0 Å². The molecule has 4 rings (SSSR count). The molecule has 0 unspecified atom stereocenters. The van der Waals surface area contributed by atoms with Crippen LogP contribution in [0, 0.1) is 0 Å². The van der Waals surface area contributed by atoms with Gasteiger partial charge in [-0.05, 0) is 46.3 Å². The lowest BCUT2D eigenvalue weighted by Gasteiger charge is -2.29. The average molecular weight is 397 g/mol. The van der Waals surface area contributed by atoms with Crippen molar-refractivity contribution in [2.24, 2.45) is 0 Å². The SMILES string of the molecule is Brc1ccc(C[NH+]2CC[NH+](Cc3ccc4c(c3)OCO4)CC2)s1. The largest absolute Gasteiger partial charge is 0.454 e. The van der Waals surface area contributed by atoms with Gasteiger partial charge < -0.3 is 19.3 Å². The second-order valence-corrected chi connectivity index (χ2v) is 8.79. The summed E-state index contributed by atoms with van der Waals surface area (Å²) in [6.07, 6.45) is 0. The Kier molecular flexibility index (Phi) is 4.57. The van der Waals surface area contributed by atoms with E-state index < -0.39 is 0 Å². The zero-order chi connectivity index (χ0) is 15.6. The van der Waals surface area contributed by atoms with E-state index in [0.717, 1.165) is 24.6 Å². The van der Waals surface area contributed by atoms with E-state index in [1.54, 1.807) is 9.80 Å². The number of halogens is 1. The van der Waals surface area contributed by atoms with E-state index in [-0.39, 0.29) is 0 Å². The fourth-order valence-corrected chi connectivity index (χ4v) is 4.90. The molecule has 0 amide bonds. The van der Waals surface area contributed by atoms with Gasteiger partial charge in [-0.25, -0.2) is 0 Å². The van der Waals surface area contributed by atoms with E-state index in [4.69, 9.17) is 9.47 Å². The van der Waals surface area contributed by atoms with Crippen molar-refractivity contribution in [2.75, 3.05) is 33.0 Å². The lowest BCUT2D eigenvalue weighted by Crippen LogP contribution is -3.27. The molecule has 2 aliphatic rings. The van der Waals surface area contributed by atoms with Gasteiger partial charge in [0.25, 0.3) is 0 Å². The molecule has 0 atom stereocenters. The summed E-state index contributed by atoms with van der Waals surface area (Å²) in [4.78, 5) is 4.85. The third-order valence-electron chi connectivity index (χ3n) is 4.61. The zero-order valence-corrected chi connectivity index (χ0v) is 15.3. The first-order valence-corrected chi connectivity index (χ1v) is 9.67. The molecular weight excluding hydrogens is 376 g/mol. The first kappa shape index (κ1) is 15.4. The highest BCUT2D eigenvalue weighted by Gasteiger charge is 2.24. The molecule has 0 aliphatic carbocycles. The Balaban J connectivity index is 1.29. The third kappa shape index (κ3) is 3.71. The lowest BCUT2D eigenvalue weighted by molar-refractivity contribution is -1.02. The van der Waals surface area contributed by atoms with Crippen molar-refractivity contribution in [3.8, 4) is 11.5 Å². The van der Waals surface area contributed by atoms with E-state index in [2.05, 4.69) is 40.2 Å². The van der Waals surface area contributed by atoms with E-state index in [1.807, 2.05) is 17.4 Å². The summed E-state index contributed by atoms with van der Waals surface area (Å²) >= 11 is 5.41. The van der Waals surface area contributed by atoms with Crippen LogP contribution in [0.3, 0.4) is 0 Å². The molecule has 0 saturated carbocycles. The Morgan fingerprint density at radius 1 is 0.913 bits per heavy atom. The Labute approximate surface area is 148 Å². The number of ether oxygens (including phenoxy) is 2. The average Bonchev–Trinajstić information content (AvgIpc) is 3.17. The van der Waals surface area contributed by atoms with E-state index in [9.17, 15) is 0 Å². The molecule has 122 valence electrons. The van der Waals surface area contributed by atoms with Crippen molar-refractivity contribution in [1.29, 1.82) is 0 Å². The van der Waals surface area contributed by atoms with Crippen molar-refractivity contribution in [2.45, 2.75) is 13.1 Å². The maximum atomic E-state index is 5.48. The highest BCUT2D eigenvalue weighted by molar-refractivity contribution is 9.11. The summed E-state index contributed by atoms with van der Waals surface area (Å²) < 4.78 is 12.1. The lowest BCUT2D eigenvalue weighted by atomic mass is 10.1. The summed E-state index contributed by atoms with van der Waals surface area (Å²) in [7, 11) is 0. The summed E-state index contributed by atoms with van der Waals surface area (Å²) in [5, 5.41) is 0. The van der Waals surface area contributed by atoms with E-state index in [0.29, 0.717) is 6.79 Å². The second-order valence-electron chi connectivity index (χ2n) is 6.25. The van der Waals surface area contributed by atoms with Gasteiger partial charge in [0, 0.05) is 5.56 Å². The van der Waals surface area contributed by atoms with Gasteiger partial charge in [0.1, 0.15) is 39.3 Å². The fraction of sp³-hybridized carbons (Fsp3) is 0.412. The van der Waals surface area contributed by atoms with Crippen LogP contribution in [0.4, 0.5) is 0 Å². The Morgan fingerprint density at radius 2 is 1.65 bits per heavy atom. The predicted molar refractivity (Wildman–Crippen MR) is 93.4 cm³/mol. The molecule has 1 fully saturated rings. The number of quaternary nitrogens is 2. The highest BCUT2D eigenvalue weighted by Crippen LogP contribution is 2.32. The second kappa shape index (κ2) is 6.81. The van der Waals surface area contributed by atoms with Crippen LogP contribution in [-0.2, 0) is 13.1 Å². The Morgan fingerprint density at radius 3 is 2.39 bits per heavy atom. The summed E-state index contributed by atoms with van der Waals surface area (Å²) in [6, 6.07) is 10.7. The standard InChI is InChI=1S/C17H19BrN2O2S/c18-17-4-2-14(23-17)11-20-7-5-19(6-8-20)10-13-1-3-15-16(9-13)22-12-21-15/h1-4,9H,5-8,10-12H2/p+2. The van der Waals surface area contributed by atoms with Crippen molar-refractivity contribution in [3.05, 3.63) is 44.6 Å². The Hall–Kier alpha value is -1.08. The monoisotopic (exact) mass is 396 g/mol. The summed E-state index contributed by atoms with van der Waals surface area (Å²) in [5.41, 5.74) is 1.34. The first-order chi connectivity index (χ1) is 11.3. The molecule has 1 aromatic heterocycles. The molecule has 0 spiro atoms. The van der Waals surface area contributed by atoms with Crippen LogP contribution < -0.4 is 19.3 Å². The minimum absolute atomic E-state index is 0.354. The minimum Gasteiger partial charge on any atom is -0.454 e. The molecule has 1 saturated heterocycles. The Bertz CT molecular complexity index is 683. The minimum atomic E-state index is 0.354. The smallest absolute Gasteiger partial charge is 0.231 e. The van der Waals surface area contributed by atoms with E-state index in [1.165, 1.54) is 40.4 Å². The van der Waals surface area contributed by atoms with Crippen LogP contribution in [0.25, 0.3) is 0 Å². The number of hydrogen-bond acceptors (Lipinski definition) is 3. The van der Waals surface area contributed by atoms with Gasteiger partial charge in [-0.3, -0.25) is 0 Å². The summed E-state index contributed by atoms with van der Waals surface area (Å²) in [5.74, 6) is 1.77. The molecule has 0 bridgehead atoms. The zero-order valence-electron chi connectivity index (χ0n) is 12.9. The fourth-order valence-electron chi connectivity index (χ4n) is 3.34. The molecule has 4 nitrogen and oxygen atoms in total. The molecule has 0 radical (unpaired) electrons. The molecule has 1 aromatic carbocycles. The third-order valence-corrected chi connectivity index (χ3v) is 6.23. The van der Waals surface area contributed by atoms with Crippen molar-refractivity contribution in [3.63, 3.8) is 0 Å². The molecule has 23 heavy (non-hydrogen) atoms. The number of nitrogens with one attached hydrogen (secondary N) is 2. The van der Waals surface area contributed by atoms with Gasteiger partial charge in [0.15, 0.2) is 11.5 Å². The molecule has 3 heterocycles. The molecule has 2 N–H and O–H groups in total. The van der Waals surface area contributed by atoms with Crippen LogP contribution in [0.15, 0.2) is 34.1 Å². The number of fused-ring (bicyclic) bond motifs is 1. The summed E-state index contributed by atoms with van der Waals surface area (Å²) in [6.45, 7) is 7.55. The quantitative estimate of drug-likeness (QED) is 0.796. The van der Waals surface area contributed by atoms with Crippen LogP contribution in [-0.4, -0.2) is 33.0 Å². The van der Waals surface area contributed by atoms with Crippen LogP contribution in [0.1, 0.15) is 10.4 Å². The number of thiophene rings is 1. The highest BCUT2D eigenvalue weighted by atomic mass is 79.9. The van der Waals surface area contributed by atoms with Gasteiger partial charge in [-0.15, -0.1) is 11.3 Å².